The molecule has 164 valence electrons. The zero-order valence-corrected chi connectivity index (χ0v) is 22.6. The molecule has 5 heteroatoms. The predicted molar refractivity (Wildman–Crippen MR) is 146 cm³/mol. The summed E-state index contributed by atoms with van der Waals surface area (Å²) in [4.78, 5) is 0. The van der Waals surface area contributed by atoms with Gasteiger partial charge in [0.1, 0.15) is 0 Å². The van der Waals surface area contributed by atoms with Crippen LogP contribution >= 0.6 is 0 Å². The van der Waals surface area contributed by atoms with Gasteiger partial charge in [-0.15, -0.1) is 0 Å². The first-order chi connectivity index (χ1) is 15.6. The molecule has 0 saturated heterocycles. The van der Waals surface area contributed by atoms with Crippen LogP contribution in [0.15, 0.2) is 121 Å². The van der Waals surface area contributed by atoms with Crippen LogP contribution in [0.25, 0.3) is 0 Å². The van der Waals surface area contributed by atoms with Crippen molar-refractivity contribution in [2.75, 3.05) is 0 Å². The van der Waals surface area contributed by atoms with E-state index in [-0.39, 0.29) is 8.80 Å². The Labute approximate surface area is 197 Å². The minimum atomic E-state index is -1.94. The molecule has 4 aromatic carbocycles. The van der Waals surface area contributed by atoms with Gasteiger partial charge in [0.15, 0.2) is 0 Å². The molecule has 0 saturated carbocycles. The van der Waals surface area contributed by atoms with Gasteiger partial charge in [0.2, 0.25) is 0 Å². The maximum atomic E-state index is 6.29. The van der Waals surface area contributed by atoms with Gasteiger partial charge in [0.05, 0.1) is 0 Å². The average molecular weight is 473 g/mol. The summed E-state index contributed by atoms with van der Waals surface area (Å²) in [5, 5.41) is 4.84. The van der Waals surface area contributed by atoms with E-state index in [1.54, 1.807) is 0 Å². The SMILES string of the molecule is C[SiH](C)C.c1ccc([SiH](OO[SiH](c2ccccc2)c2ccccc2)c2ccccc2)cc1. The molecule has 0 heterocycles. The van der Waals surface area contributed by atoms with Crippen LogP contribution in [0.2, 0.25) is 19.6 Å². The molecule has 0 aliphatic heterocycles. The van der Waals surface area contributed by atoms with Crippen molar-refractivity contribution in [3.63, 3.8) is 0 Å². The second kappa shape index (κ2) is 13.1. The van der Waals surface area contributed by atoms with Crippen molar-refractivity contribution in [1.82, 2.24) is 0 Å². The standard InChI is InChI=1S/C24H22O2Si2.C3H10Si/c1-5-13-21(14-6-1)27(22-15-7-2-8-16-22)25-26-28(23-17-9-3-10-18-23)24-19-11-4-12-20-24;1-4(2)3/h1-20,27-28H;4H,1-3H3. The third kappa shape index (κ3) is 7.55. The van der Waals surface area contributed by atoms with Crippen LogP contribution in [0.1, 0.15) is 0 Å². The van der Waals surface area contributed by atoms with Crippen molar-refractivity contribution in [2.45, 2.75) is 19.6 Å². The smallest absolute Gasteiger partial charge is 0.283 e. The Morgan fingerprint density at radius 2 is 0.562 bits per heavy atom. The Bertz CT molecular complexity index is 849. The van der Waals surface area contributed by atoms with Crippen LogP contribution in [-0.2, 0) is 9.15 Å². The van der Waals surface area contributed by atoms with Crippen LogP contribution in [0.5, 0.6) is 0 Å². The second-order valence-corrected chi connectivity index (χ2v) is 16.4. The predicted octanol–water partition coefficient (Wildman–Crippen LogP) is 3.11. The van der Waals surface area contributed by atoms with Gasteiger partial charge in [-0.1, -0.05) is 141 Å². The molecular weight excluding hydrogens is 441 g/mol. The highest BCUT2D eigenvalue weighted by atomic mass is 28.3. The first-order valence-electron chi connectivity index (χ1n) is 11.2. The fourth-order valence-corrected chi connectivity index (χ4v) is 7.62. The van der Waals surface area contributed by atoms with Gasteiger partial charge in [0.25, 0.3) is 18.1 Å². The maximum Gasteiger partial charge on any atom is 0.283 e. The zero-order valence-electron chi connectivity index (χ0n) is 19.1. The van der Waals surface area contributed by atoms with Gasteiger partial charge in [-0.05, 0) is 20.7 Å². The Hall–Kier alpha value is -2.55. The van der Waals surface area contributed by atoms with Crippen molar-refractivity contribution in [1.29, 1.82) is 0 Å². The van der Waals surface area contributed by atoms with Crippen molar-refractivity contribution in [3.8, 4) is 0 Å². The highest BCUT2D eigenvalue weighted by Crippen LogP contribution is 2.00. The van der Waals surface area contributed by atoms with E-state index < -0.39 is 18.1 Å². The topological polar surface area (TPSA) is 18.5 Å². The highest BCUT2D eigenvalue weighted by Gasteiger charge is 2.24. The third-order valence-corrected chi connectivity index (χ3v) is 9.45. The molecule has 0 fully saturated rings. The summed E-state index contributed by atoms with van der Waals surface area (Å²) < 4.78 is 12.6. The molecule has 4 rings (SSSR count). The first-order valence-corrected chi connectivity index (χ1v) is 17.9. The molecule has 0 amide bonds. The van der Waals surface area contributed by atoms with E-state index in [4.69, 9.17) is 9.15 Å². The Morgan fingerprint density at radius 1 is 0.375 bits per heavy atom. The Kier molecular flexibility index (Phi) is 9.87. The summed E-state index contributed by atoms with van der Waals surface area (Å²) in [6.07, 6.45) is 0. The molecule has 0 aliphatic rings. The van der Waals surface area contributed by atoms with Crippen LogP contribution in [0.3, 0.4) is 0 Å². The summed E-state index contributed by atoms with van der Waals surface area (Å²) in [7, 11) is -4.02. The van der Waals surface area contributed by atoms with Gasteiger partial charge < -0.3 is 0 Å². The lowest BCUT2D eigenvalue weighted by Crippen LogP contribution is -2.51. The van der Waals surface area contributed by atoms with E-state index in [2.05, 4.69) is 117 Å². The maximum absolute atomic E-state index is 6.29. The zero-order chi connectivity index (χ0) is 22.6. The number of rotatable bonds is 7. The molecule has 32 heavy (non-hydrogen) atoms. The molecule has 0 aliphatic carbocycles. The van der Waals surface area contributed by atoms with Gasteiger partial charge in [0, 0.05) is 8.80 Å². The number of benzene rings is 4. The van der Waals surface area contributed by atoms with Crippen molar-refractivity contribution < 1.29 is 9.15 Å². The molecule has 0 radical (unpaired) electrons. The van der Waals surface area contributed by atoms with E-state index in [0.29, 0.717) is 0 Å². The minimum absolute atomic E-state index is 0.139. The summed E-state index contributed by atoms with van der Waals surface area (Å²) >= 11 is 0. The van der Waals surface area contributed by atoms with E-state index >= 15 is 0 Å². The van der Waals surface area contributed by atoms with E-state index in [9.17, 15) is 0 Å². The molecular formula is C27H32O2Si3. The van der Waals surface area contributed by atoms with Gasteiger partial charge in [-0.25, -0.2) is 0 Å². The lowest BCUT2D eigenvalue weighted by Gasteiger charge is -2.21. The summed E-state index contributed by atoms with van der Waals surface area (Å²) in [5.41, 5.74) is 0. The first kappa shape index (κ1) is 24.1. The van der Waals surface area contributed by atoms with Crippen LogP contribution < -0.4 is 20.7 Å². The van der Waals surface area contributed by atoms with Gasteiger partial charge in [-0.2, -0.15) is 0 Å². The summed E-state index contributed by atoms with van der Waals surface area (Å²) in [6.45, 7) is 6.92. The molecule has 0 N–H and O–H groups in total. The third-order valence-electron chi connectivity index (χ3n) is 4.66. The monoisotopic (exact) mass is 472 g/mol. The Morgan fingerprint density at radius 3 is 0.750 bits per heavy atom. The van der Waals surface area contributed by atoms with Crippen molar-refractivity contribution in [3.05, 3.63) is 121 Å². The summed E-state index contributed by atoms with van der Waals surface area (Å²) in [6, 6.07) is 41.7. The molecule has 0 spiro atoms. The fraction of sp³-hybridized carbons (Fsp3) is 0.111. The Balaban J connectivity index is 0.000000668. The molecule has 2 nitrogen and oxygen atoms in total. The van der Waals surface area contributed by atoms with E-state index in [0.717, 1.165) is 0 Å². The lowest BCUT2D eigenvalue weighted by atomic mass is 10.4. The highest BCUT2D eigenvalue weighted by molar-refractivity contribution is 6.82. The average Bonchev–Trinajstić information content (AvgIpc) is 2.84. The number of hydrogen-bond acceptors (Lipinski definition) is 2. The van der Waals surface area contributed by atoms with Gasteiger partial charge >= 0.3 is 0 Å². The van der Waals surface area contributed by atoms with Crippen LogP contribution in [0, 0.1) is 0 Å². The molecule has 0 unspecified atom stereocenters. The largest absolute Gasteiger partial charge is 0.290 e. The van der Waals surface area contributed by atoms with Gasteiger partial charge in [-0.3, -0.25) is 9.15 Å². The molecule has 0 aromatic heterocycles. The van der Waals surface area contributed by atoms with Crippen LogP contribution in [0.4, 0.5) is 0 Å². The van der Waals surface area contributed by atoms with Crippen molar-refractivity contribution >= 4 is 47.6 Å². The van der Waals surface area contributed by atoms with Crippen LogP contribution in [-0.4, -0.2) is 26.9 Å². The molecule has 4 aromatic rings. The van der Waals surface area contributed by atoms with E-state index in [1.165, 1.54) is 20.7 Å². The lowest BCUT2D eigenvalue weighted by molar-refractivity contribution is -0.103. The fourth-order valence-electron chi connectivity index (χ4n) is 3.23. The quantitative estimate of drug-likeness (QED) is 0.234. The van der Waals surface area contributed by atoms with E-state index in [1.807, 2.05) is 24.3 Å². The van der Waals surface area contributed by atoms with Crippen molar-refractivity contribution in [2.24, 2.45) is 0 Å². The minimum Gasteiger partial charge on any atom is -0.290 e. The molecule has 0 atom stereocenters. The number of hydrogen-bond donors (Lipinski definition) is 0. The summed E-state index contributed by atoms with van der Waals surface area (Å²) in [5.74, 6) is 0. The normalized spacial score (nSPS) is 10.8. The second-order valence-electron chi connectivity index (χ2n) is 8.33. The molecule has 0 bridgehead atoms.